The smallest absolute Gasteiger partial charge is 0.0712 e. The molecule has 0 saturated heterocycles. The Morgan fingerprint density at radius 1 is 1.15 bits per heavy atom. The van der Waals surface area contributed by atoms with Crippen LogP contribution in [0.5, 0.6) is 0 Å². The Labute approximate surface area is 82.7 Å². The molecule has 80 valence electrons. The maximum absolute atomic E-state index is 9.75. The van der Waals surface area contributed by atoms with Crippen LogP contribution in [-0.2, 0) is 0 Å². The third-order valence-corrected chi connectivity index (χ3v) is 2.63. The average Bonchev–Trinajstić information content (AvgIpc) is 1.97. The van der Waals surface area contributed by atoms with Gasteiger partial charge in [0.25, 0.3) is 0 Å². The minimum absolute atomic E-state index is 0.0241. The van der Waals surface area contributed by atoms with Crippen molar-refractivity contribution in [2.24, 2.45) is 11.3 Å². The highest BCUT2D eigenvalue weighted by atomic mass is 16.3. The molecule has 0 aromatic rings. The van der Waals surface area contributed by atoms with E-state index in [4.69, 9.17) is 0 Å². The quantitative estimate of drug-likeness (QED) is 0.706. The lowest BCUT2D eigenvalue weighted by molar-refractivity contribution is 0.0595. The van der Waals surface area contributed by atoms with Crippen LogP contribution in [0.15, 0.2) is 0 Å². The second-order valence-corrected chi connectivity index (χ2v) is 5.32. The maximum Gasteiger partial charge on any atom is 0.0712 e. The van der Waals surface area contributed by atoms with Crippen molar-refractivity contribution >= 4 is 0 Å². The van der Waals surface area contributed by atoms with Gasteiger partial charge in [0.05, 0.1) is 6.10 Å². The van der Waals surface area contributed by atoms with Gasteiger partial charge in [-0.15, -0.1) is 0 Å². The first-order chi connectivity index (χ1) is 5.75. The van der Waals surface area contributed by atoms with Crippen LogP contribution >= 0.6 is 0 Å². The molecule has 0 aliphatic rings. The van der Waals surface area contributed by atoms with Crippen LogP contribution in [-0.4, -0.2) is 23.8 Å². The van der Waals surface area contributed by atoms with Crippen molar-refractivity contribution in [1.82, 2.24) is 5.32 Å². The summed E-state index contributed by atoms with van der Waals surface area (Å²) in [5, 5.41) is 13.1. The molecule has 2 heteroatoms. The number of hydrogen-bond donors (Lipinski definition) is 2. The Hall–Kier alpha value is -0.0800. The molecule has 0 aromatic carbocycles. The zero-order valence-electron chi connectivity index (χ0n) is 9.89. The van der Waals surface area contributed by atoms with Gasteiger partial charge in [0, 0.05) is 12.6 Å². The van der Waals surface area contributed by atoms with Gasteiger partial charge in [-0.25, -0.2) is 0 Å². The summed E-state index contributed by atoms with van der Waals surface area (Å²) in [5.74, 6) is 0.618. The fourth-order valence-corrected chi connectivity index (χ4v) is 0.839. The van der Waals surface area contributed by atoms with Crippen molar-refractivity contribution in [3.63, 3.8) is 0 Å². The Morgan fingerprint density at radius 3 is 1.92 bits per heavy atom. The van der Waals surface area contributed by atoms with Crippen LogP contribution in [0.3, 0.4) is 0 Å². The molecule has 0 rings (SSSR count). The van der Waals surface area contributed by atoms with E-state index >= 15 is 0 Å². The van der Waals surface area contributed by atoms with Gasteiger partial charge in [0.1, 0.15) is 0 Å². The van der Waals surface area contributed by atoms with Gasteiger partial charge in [-0.2, -0.15) is 0 Å². The molecule has 0 amide bonds. The van der Waals surface area contributed by atoms with Crippen molar-refractivity contribution in [2.75, 3.05) is 6.54 Å². The highest BCUT2D eigenvalue weighted by molar-refractivity contribution is 4.76. The van der Waals surface area contributed by atoms with Crippen molar-refractivity contribution in [3.8, 4) is 0 Å². The fraction of sp³-hybridized carbons (Fsp3) is 1.00. The highest BCUT2D eigenvalue weighted by Crippen LogP contribution is 2.18. The van der Waals surface area contributed by atoms with Crippen molar-refractivity contribution in [2.45, 2.75) is 53.7 Å². The molecule has 2 N–H and O–H groups in total. The molecular formula is C11H25NO. The van der Waals surface area contributed by atoms with Crippen LogP contribution in [0.2, 0.25) is 0 Å². The van der Waals surface area contributed by atoms with Crippen LogP contribution in [0, 0.1) is 11.3 Å². The van der Waals surface area contributed by atoms with Crippen LogP contribution in [0.25, 0.3) is 0 Å². The first-order valence-electron chi connectivity index (χ1n) is 5.16. The van der Waals surface area contributed by atoms with E-state index in [2.05, 4.69) is 46.9 Å². The normalized spacial score (nSPS) is 17.5. The van der Waals surface area contributed by atoms with Crippen LogP contribution in [0.4, 0.5) is 0 Å². The van der Waals surface area contributed by atoms with Crippen LogP contribution in [0.1, 0.15) is 41.5 Å². The van der Waals surface area contributed by atoms with E-state index in [1.807, 2.05) is 0 Å². The Bertz CT molecular complexity index is 138. The molecule has 0 aliphatic carbocycles. The summed E-state index contributed by atoms with van der Waals surface area (Å²) in [6.45, 7) is 13.4. The summed E-state index contributed by atoms with van der Waals surface area (Å²) in [7, 11) is 0. The predicted octanol–water partition coefficient (Wildman–Crippen LogP) is 2.03. The van der Waals surface area contributed by atoms with E-state index in [-0.39, 0.29) is 11.5 Å². The van der Waals surface area contributed by atoms with Gasteiger partial charge in [-0.3, -0.25) is 0 Å². The Morgan fingerprint density at radius 2 is 1.62 bits per heavy atom. The standard InChI is InChI=1S/C11H25NO/c1-8(2)9(3)12-7-10(13)11(4,5)6/h8-10,12-13H,7H2,1-6H3. The molecule has 0 aromatic heterocycles. The lowest BCUT2D eigenvalue weighted by Crippen LogP contribution is -2.41. The zero-order chi connectivity index (χ0) is 10.6. The molecule has 13 heavy (non-hydrogen) atoms. The monoisotopic (exact) mass is 187 g/mol. The molecule has 0 spiro atoms. The van der Waals surface area contributed by atoms with E-state index in [0.717, 1.165) is 0 Å². The van der Waals surface area contributed by atoms with E-state index in [9.17, 15) is 5.11 Å². The summed E-state index contributed by atoms with van der Waals surface area (Å²) >= 11 is 0. The van der Waals surface area contributed by atoms with Gasteiger partial charge in [0.2, 0.25) is 0 Å². The fourth-order valence-electron chi connectivity index (χ4n) is 0.839. The van der Waals surface area contributed by atoms with Gasteiger partial charge >= 0.3 is 0 Å². The topological polar surface area (TPSA) is 32.3 Å². The van der Waals surface area contributed by atoms with Gasteiger partial charge in [-0.1, -0.05) is 34.6 Å². The van der Waals surface area contributed by atoms with Gasteiger partial charge in [0.15, 0.2) is 0 Å². The molecule has 0 heterocycles. The first kappa shape index (κ1) is 12.9. The molecule has 2 unspecified atom stereocenters. The number of nitrogens with one attached hydrogen (secondary N) is 1. The van der Waals surface area contributed by atoms with Gasteiger partial charge < -0.3 is 10.4 Å². The average molecular weight is 187 g/mol. The minimum atomic E-state index is -0.270. The predicted molar refractivity (Wildman–Crippen MR) is 57.8 cm³/mol. The van der Waals surface area contributed by atoms with E-state index in [1.165, 1.54) is 0 Å². The summed E-state index contributed by atoms with van der Waals surface area (Å²) < 4.78 is 0. The summed E-state index contributed by atoms with van der Waals surface area (Å²) in [5.41, 5.74) is -0.0241. The number of aliphatic hydroxyl groups excluding tert-OH is 1. The third-order valence-electron chi connectivity index (χ3n) is 2.63. The summed E-state index contributed by atoms with van der Waals surface area (Å²) in [6, 6.07) is 0.469. The largest absolute Gasteiger partial charge is 0.391 e. The Kier molecular flexibility index (Phi) is 4.93. The van der Waals surface area contributed by atoms with Crippen molar-refractivity contribution in [1.29, 1.82) is 0 Å². The minimum Gasteiger partial charge on any atom is -0.391 e. The molecule has 2 atom stereocenters. The number of rotatable bonds is 4. The second kappa shape index (κ2) is 4.97. The second-order valence-electron chi connectivity index (χ2n) is 5.32. The number of hydrogen-bond acceptors (Lipinski definition) is 2. The molecule has 0 radical (unpaired) electrons. The first-order valence-corrected chi connectivity index (χ1v) is 5.16. The van der Waals surface area contributed by atoms with Crippen molar-refractivity contribution < 1.29 is 5.11 Å². The molecule has 0 bridgehead atoms. The van der Waals surface area contributed by atoms with E-state index in [0.29, 0.717) is 18.5 Å². The van der Waals surface area contributed by atoms with Crippen LogP contribution < -0.4 is 5.32 Å². The molecule has 2 nitrogen and oxygen atoms in total. The van der Waals surface area contributed by atoms with E-state index < -0.39 is 0 Å². The van der Waals surface area contributed by atoms with Gasteiger partial charge in [-0.05, 0) is 18.3 Å². The zero-order valence-corrected chi connectivity index (χ0v) is 9.89. The SMILES string of the molecule is CC(C)C(C)NCC(O)C(C)(C)C. The lowest BCUT2D eigenvalue weighted by atomic mass is 9.89. The third kappa shape index (κ3) is 5.27. The number of aliphatic hydroxyl groups is 1. The highest BCUT2D eigenvalue weighted by Gasteiger charge is 2.22. The molecule has 0 fully saturated rings. The lowest BCUT2D eigenvalue weighted by Gasteiger charge is -2.28. The summed E-state index contributed by atoms with van der Waals surface area (Å²) in [4.78, 5) is 0. The maximum atomic E-state index is 9.75. The molecule has 0 saturated carbocycles. The van der Waals surface area contributed by atoms with Crippen molar-refractivity contribution in [3.05, 3.63) is 0 Å². The summed E-state index contributed by atoms with van der Waals surface area (Å²) in [6.07, 6.45) is -0.270. The molecular weight excluding hydrogens is 162 g/mol. The Balaban J connectivity index is 3.77. The molecule has 0 aliphatic heterocycles. The van der Waals surface area contributed by atoms with E-state index in [1.54, 1.807) is 0 Å².